The second kappa shape index (κ2) is 8.67. The Hall–Kier alpha value is -3.13. The lowest BCUT2D eigenvalue weighted by Crippen LogP contribution is -2.63. The highest BCUT2D eigenvalue weighted by atomic mass is 32.2. The van der Waals surface area contributed by atoms with E-state index in [0.717, 1.165) is 12.1 Å². The summed E-state index contributed by atoms with van der Waals surface area (Å²) in [7, 11) is -5.97. The first-order chi connectivity index (χ1) is 14.9. The van der Waals surface area contributed by atoms with Crippen molar-refractivity contribution in [1.29, 1.82) is 0 Å². The van der Waals surface area contributed by atoms with Crippen LogP contribution in [0.4, 0.5) is 26.3 Å². The molecule has 1 N–H and O–H groups in total. The van der Waals surface area contributed by atoms with Gasteiger partial charge >= 0.3 is 29.9 Å². The molecule has 33 heavy (non-hydrogen) atoms. The van der Waals surface area contributed by atoms with E-state index in [-0.39, 0.29) is 16.3 Å². The number of hydrogen-bond acceptors (Lipinski definition) is 6. The van der Waals surface area contributed by atoms with E-state index in [4.69, 9.17) is 9.29 Å². The highest BCUT2D eigenvalue weighted by Gasteiger charge is 2.76. The van der Waals surface area contributed by atoms with Gasteiger partial charge in [-0.3, -0.25) is 4.55 Å². The number of ether oxygens (including phenoxy) is 2. The molecule has 2 aromatic rings. The summed E-state index contributed by atoms with van der Waals surface area (Å²) < 4.78 is 120. The molecule has 2 rings (SSSR count). The van der Waals surface area contributed by atoms with Gasteiger partial charge in [-0.1, -0.05) is 30.8 Å². The van der Waals surface area contributed by atoms with Gasteiger partial charge in [-0.05, 0) is 29.8 Å². The molecule has 0 radical (unpaired) electrons. The van der Waals surface area contributed by atoms with E-state index < -0.39 is 57.1 Å². The lowest BCUT2D eigenvalue weighted by atomic mass is 10.0. The molecule has 0 amide bonds. The van der Waals surface area contributed by atoms with E-state index in [1.807, 2.05) is 0 Å². The Balaban J connectivity index is 2.71. The molecule has 0 aromatic heterocycles. The van der Waals surface area contributed by atoms with E-state index in [9.17, 15) is 44.3 Å². The number of carbonyl (C=O) groups excluding carboxylic acids is 2. The minimum Gasteiger partial charge on any atom is -0.434 e. The number of alkyl halides is 6. The Bertz CT molecular complexity index is 1200. The largest absolute Gasteiger partial charge is 0.438 e. The molecule has 0 spiro atoms. The van der Waals surface area contributed by atoms with Crippen LogP contribution in [0.5, 0.6) is 5.75 Å². The third-order valence-corrected chi connectivity index (χ3v) is 4.96. The molecule has 0 heterocycles. The zero-order valence-corrected chi connectivity index (χ0v) is 17.3. The molecule has 0 aliphatic heterocycles. The van der Waals surface area contributed by atoms with Crippen molar-refractivity contribution < 1.29 is 58.4 Å². The first kappa shape index (κ1) is 26.1. The van der Waals surface area contributed by atoms with E-state index >= 15 is 0 Å². The van der Waals surface area contributed by atoms with Crippen LogP contribution in [0.2, 0.25) is 0 Å². The van der Waals surface area contributed by atoms with E-state index in [0.29, 0.717) is 0 Å². The van der Waals surface area contributed by atoms with Crippen LogP contribution in [0.15, 0.2) is 48.6 Å². The Morgan fingerprint density at radius 2 is 1.48 bits per heavy atom. The van der Waals surface area contributed by atoms with Crippen molar-refractivity contribution in [1.82, 2.24) is 0 Å². The monoisotopic (exact) mass is 500 g/mol. The predicted octanol–water partition coefficient (Wildman–Crippen LogP) is 4.23. The van der Waals surface area contributed by atoms with Gasteiger partial charge in [0, 0.05) is 5.57 Å². The van der Waals surface area contributed by atoms with Crippen LogP contribution in [-0.2, 0) is 19.6 Å². The Labute approximate surface area is 182 Å². The fourth-order valence-corrected chi connectivity index (χ4v) is 3.49. The van der Waals surface area contributed by atoms with Crippen LogP contribution in [0, 0.1) is 0 Å². The first-order valence-electron chi connectivity index (χ1n) is 8.60. The molecule has 0 aliphatic rings. The molecule has 7 nitrogen and oxygen atoms in total. The summed E-state index contributed by atoms with van der Waals surface area (Å²) >= 11 is 0. The Morgan fingerprint density at radius 1 is 1.00 bits per heavy atom. The third kappa shape index (κ3) is 5.63. The minimum absolute atomic E-state index is 0.138. The van der Waals surface area contributed by atoms with Gasteiger partial charge in [0.2, 0.25) is 0 Å². The molecule has 0 bridgehead atoms. The van der Waals surface area contributed by atoms with Gasteiger partial charge in [0.15, 0.2) is 0 Å². The second-order valence-corrected chi connectivity index (χ2v) is 8.26. The van der Waals surface area contributed by atoms with E-state index in [2.05, 4.69) is 11.3 Å². The van der Waals surface area contributed by atoms with E-state index in [1.165, 1.54) is 31.2 Å². The van der Waals surface area contributed by atoms with Gasteiger partial charge in [0.25, 0.3) is 10.1 Å². The molecular formula is C19H14F6O7S. The predicted molar refractivity (Wildman–Crippen MR) is 101 cm³/mol. The zero-order chi connectivity index (χ0) is 25.4. The summed E-state index contributed by atoms with van der Waals surface area (Å²) in [6.07, 6.45) is -13.0. The lowest BCUT2D eigenvalue weighted by molar-refractivity contribution is -0.356. The molecule has 0 atom stereocenters. The fraction of sp³-hybridized carbons (Fsp3) is 0.263. The van der Waals surface area contributed by atoms with Crippen molar-refractivity contribution in [3.8, 4) is 5.75 Å². The summed E-state index contributed by atoms with van der Waals surface area (Å²) in [5, 5.41) is 0.424. The highest BCUT2D eigenvalue weighted by Crippen LogP contribution is 2.47. The number of carbonyl (C=O) groups is 2. The Morgan fingerprint density at radius 3 is 1.91 bits per heavy atom. The first-order valence-corrected chi connectivity index (χ1v) is 10.2. The van der Waals surface area contributed by atoms with E-state index in [1.54, 1.807) is 0 Å². The summed E-state index contributed by atoms with van der Waals surface area (Å²) in [6, 6.07) is 7.51. The molecular weight excluding hydrogens is 486 g/mol. The van der Waals surface area contributed by atoms with Crippen molar-refractivity contribution in [3.63, 3.8) is 0 Å². The summed E-state index contributed by atoms with van der Waals surface area (Å²) in [5.74, 6) is -7.29. The maximum Gasteiger partial charge on any atom is 0.438 e. The molecule has 14 heteroatoms. The molecule has 0 saturated heterocycles. The van der Waals surface area contributed by atoms with Gasteiger partial charge in [0.1, 0.15) is 17.1 Å². The minimum atomic E-state index is -6.51. The second-order valence-electron chi connectivity index (χ2n) is 6.80. The fourth-order valence-electron chi connectivity index (χ4n) is 2.59. The maximum absolute atomic E-state index is 13.5. The maximum atomic E-state index is 13.5. The topological polar surface area (TPSA) is 107 Å². The smallest absolute Gasteiger partial charge is 0.434 e. The quantitative estimate of drug-likeness (QED) is 0.208. The number of halogens is 6. The molecule has 0 saturated carbocycles. The van der Waals surface area contributed by atoms with Crippen LogP contribution in [0.25, 0.3) is 10.8 Å². The molecule has 2 aromatic carbocycles. The molecule has 0 unspecified atom stereocenters. The lowest BCUT2D eigenvalue weighted by Gasteiger charge is -2.35. The van der Waals surface area contributed by atoms with Crippen molar-refractivity contribution in [2.45, 2.75) is 24.9 Å². The van der Waals surface area contributed by atoms with Crippen LogP contribution in [-0.4, -0.2) is 48.6 Å². The molecule has 0 aliphatic carbocycles. The van der Waals surface area contributed by atoms with Crippen molar-refractivity contribution in [3.05, 3.63) is 54.1 Å². The molecule has 0 fully saturated rings. The number of fused-ring (bicyclic) bond motifs is 1. The van der Waals surface area contributed by atoms with Gasteiger partial charge in [-0.25, -0.2) is 9.59 Å². The summed E-state index contributed by atoms with van der Waals surface area (Å²) in [5.41, 5.74) is -6.88. The van der Waals surface area contributed by atoms with Gasteiger partial charge in [-0.15, -0.1) is 0 Å². The van der Waals surface area contributed by atoms with Crippen LogP contribution in [0.1, 0.15) is 17.3 Å². The molecule has 180 valence electrons. The van der Waals surface area contributed by atoms with Gasteiger partial charge in [-0.2, -0.15) is 34.8 Å². The van der Waals surface area contributed by atoms with Crippen LogP contribution >= 0.6 is 0 Å². The normalized spacial score (nSPS) is 13.0. The average Bonchev–Trinajstić information content (AvgIpc) is 2.63. The summed E-state index contributed by atoms with van der Waals surface area (Å²) in [4.78, 5) is 24.4. The van der Waals surface area contributed by atoms with Gasteiger partial charge < -0.3 is 9.47 Å². The highest BCUT2D eigenvalue weighted by molar-refractivity contribution is 7.85. The number of benzene rings is 2. The van der Waals surface area contributed by atoms with Crippen molar-refractivity contribution in [2.75, 3.05) is 5.75 Å². The van der Waals surface area contributed by atoms with Crippen LogP contribution in [0.3, 0.4) is 0 Å². The zero-order valence-electron chi connectivity index (χ0n) is 16.5. The summed E-state index contributed by atoms with van der Waals surface area (Å²) in [6.45, 7) is 4.46. The Kier molecular flexibility index (Phi) is 6.86. The van der Waals surface area contributed by atoms with Crippen LogP contribution < -0.4 is 4.74 Å². The number of hydrogen-bond donors (Lipinski definition) is 1. The van der Waals surface area contributed by atoms with Crippen molar-refractivity contribution in [2.24, 2.45) is 0 Å². The number of esters is 2. The van der Waals surface area contributed by atoms with Gasteiger partial charge in [0.05, 0.1) is 0 Å². The van der Waals surface area contributed by atoms with Crippen molar-refractivity contribution >= 4 is 32.8 Å². The standard InChI is InChI=1S/C19H14F6O7S/c1-10(2)15(26)31-14-8-12-6-4-3-5-11(12)7-13(14)16(27)32-17(18(20,21)22,19(23,24)25)9-33(28,29)30/h3-8H,1,9H2,2H3,(H,28,29,30). The SMILES string of the molecule is C=C(C)C(=O)Oc1cc2ccccc2cc1C(=O)OC(CS(=O)(=O)O)(C(F)(F)F)C(F)(F)F. The third-order valence-electron chi connectivity index (χ3n) is 4.19. The number of rotatable bonds is 6. The average molecular weight is 500 g/mol.